The van der Waals surface area contributed by atoms with Crippen LogP contribution in [0.25, 0.3) is 0 Å². The van der Waals surface area contributed by atoms with Gasteiger partial charge in [0.05, 0.1) is 6.54 Å². The summed E-state index contributed by atoms with van der Waals surface area (Å²) < 4.78 is 0. The maximum Gasteiger partial charge on any atom is 0.0599 e. The van der Waals surface area contributed by atoms with Gasteiger partial charge in [-0.2, -0.15) is 0 Å². The third-order valence-electron chi connectivity index (χ3n) is 1.27. The Morgan fingerprint density at radius 3 is 2.70 bits per heavy atom. The summed E-state index contributed by atoms with van der Waals surface area (Å²) in [6, 6.07) is 0. The minimum atomic E-state index is 0.873. The van der Waals surface area contributed by atoms with Gasteiger partial charge >= 0.3 is 0 Å². The summed E-state index contributed by atoms with van der Waals surface area (Å²) in [6.45, 7) is 4.83. The molecule has 0 heterocycles. The van der Waals surface area contributed by atoms with E-state index in [1.54, 1.807) is 0 Å². The quantitative estimate of drug-likeness (QED) is 0.560. The first kappa shape index (κ1) is 9.48. The standard InChI is InChI=1S/C8H16N2/c1-4-5-7-10(3)8-6-9-2/h9H,6-8H2,1-3H3. The number of nitrogens with one attached hydrogen (secondary N) is 1. The maximum atomic E-state index is 3.09. The van der Waals surface area contributed by atoms with E-state index in [9.17, 15) is 0 Å². The molecule has 10 heavy (non-hydrogen) atoms. The van der Waals surface area contributed by atoms with E-state index < -0.39 is 0 Å². The molecule has 58 valence electrons. The van der Waals surface area contributed by atoms with Crippen LogP contribution in [0.4, 0.5) is 0 Å². The summed E-state index contributed by atoms with van der Waals surface area (Å²) in [5.74, 6) is 5.87. The maximum absolute atomic E-state index is 3.09. The number of nitrogens with zero attached hydrogens (tertiary/aromatic N) is 1. The summed E-state index contributed by atoms with van der Waals surface area (Å²) in [5.41, 5.74) is 0. The molecule has 0 rings (SSSR count). The van der Waals surface area contributed by atoms with Gasteiger partial charge in [0.1, 0.15) is 0 Å². The largest absolute Gasteiger partial charge is 0.318 e. The highest BCUT2D eigenvalue weighted by atomic mass is 15.1. The summed E-state index contributed by atoms with van der Waals surface area (Å²) in [7, 11) is 4.03. The van der Waals surface area contributed by atoms with Gasteiger partial charge in [-0.05, 0) is 21.0 Å². The predicted octanol–water partition coefficient (Wildman–Crippen LogP) is 0.161. The van der Waals surface area contributed by atoms with E-state index in [0.717, 1.165) is 19.6 Å². The second-order valence-corrected chi connectivity index (χ2v) is 2.27. The van der Waals surface area contributed by atoms with Crippen molar-refractivity contribution in [2.45, 2.75) is 6.92 Å². The zero-order valence-corrected chi connectivity index (χ0v) is 7.07. The van der Waals surface area contributed by atoms with Crippen LogP contribution in [0, 0.1) is 11.8 Å². The predicted molar refractivity (Wildman–Crippen MR) is 44.9 cm³/mol. The lowest BCUT2D eigenvalue weighted by Gasteiger charge is -2.11. The molecule has 0 bridgehead atoms. The average molecular weight is 140 g/mol. The van der Waals surface area contributed by atoms with Crippen molar-refractivity contribution in [1.82, 2.24) is 10.2 Å². The van der Waals surface area contributed by atoms with Crippen molar-refractivity contribution < 1.29 is 0 Å². The van der Waals surface area contributed by atoms with Crippen molar-refractivity contribution >= 4 is 0 Å². The van der Waals surface area contributed by atoms with E-state index in [1.807, 2.05) is 14.0 Å². The van der Waals surface area contributed by atoms with Gasteiger partial charge in [-0.15, -0.1) is 5.92 Å². The molecule has 0 saturated heterocycles. The molecular weight excluding hydrogens is 124 g/mol. The van der Waals surface area contributed by atoms with Crippen LogP contribution in [0.3, 0.4) is 0 Å². The highest BCUT2D eigenvalue weighted by Crippen LogP contribution is 1.76. The summed E-state index contributed by atoms with van der Waals surface area (Å²) in [4.78, 5) is 2.19. The van der Waals surface area contributed by atoms with Crippen LogP contribution in [0.2, 0.25) is 0 Å². The highest BCUT2D eigenvalue weighted by Gasteiger charge is 1.91. The number of hydrogen-bond donors (Lipinski definition) is 1. The number of hydrogen-bond acceptors (Lipinski definition) is 2. The Kier molecular flexibility index (Phi) is 6.25. The first-order valence-corrected chi connectivity index (χ1v) is 3.54. The van der Waals surface area contributed by atoms with Crippen LogP contribution in [-0.4, -0.2) is 38.6 Å². The molecule has 0 aromatic rings. The van der Waals surface area contributed by atoms with Gasteiger partial charge in [0, 0.05) is 13.1 Å². The van der Waals surface area contributed by atoms with Crippen LogP contribution in [-0.2, 0) is 0 Å². The lowest BCUT2D eigenvalue weighted by atomic mass is 10.5. The molecule has 0 unspecified atom stereocenters. The second-order valence-electron chi connectivity index (χ2n) is 2.27. The molecule has 0 aromatic carbocycles. The molecule has 2 nitrogen and oxygen atoms in total. The van der Waals surface area contributed by atoms with Gasteiger partial charge < -0.3 is 5.32 Å². The molecule has 0 amide bonds. The second kappa shape index (κ2) is 6.60. The smallest absolute Gasteiger partial charge is 0.0599 e. The molecule has 0 aliphatic heterocycles. The molecule has 0 spiro atoms. The third kappa shape index (κ3) is 5.61. The minimum absolute atomic E-state index is 0.873. The van der Waals surface area contributed by atoms with Crippen molar-refractivity contribution in [3.8, 4) is 11.8 Å². The lowest BCUT2D eigenvalue weighted by Crippen LogP contribution is -2.27. The molecule has 2 heteroatoms. The molecule has 0 fully saturated rings. The van der Waals surface area contributed by atoms with Crippen molar-refractivity contribution in [2.24, 2.45) is 0 Å². The van der Waals surface area contributed by atoms with Crippen LogP contribution >= 0.6 is 0 Å². The fraction of sp³-hybridized carbons (Fsp3) is 0.750. The first-order valence-electron chi connectivity index (χ1n) is 3.54. The van der Waals surface area contributed by atoms with E-state index in [4.69, 9.17) is 0 Å². The third-order valence-corrected chi connectivity index (χ3v) is 1.27. The van der Waals surface area contributed by atoms with E-state index in [2.05, 4.69) is 29.1 Å². The Balaban J connectivity index is 3.21. The summed E-state index contributed by atoms with van der Waals surface area (Å²) in [5, 5.41) is 3.09. The van der Waals surface area contributed by atoms with Gasteiger partial charge in [0.25, 0.3) is 0 Å². The molecule has 0 atom stereocenters. The van der Waals surface area contributed by atoms with Crippen molar-refractivity contribution in [1.29, 1.82) is 0 Å². The molecule has 0 radical (unpaired) electrons. The monoisotopic (exact) mass is 140 g/mol. The Morgan fingerprint density at radius 1 is 1.50 bits per heavy atom. The molecule has 0 aliphatic carbocycles. The lowest BCUT2D eigenvalue weighted by molar-refractivity contribution is 0.376. The van der Waals surface area contributed by atoms with E-state index in [0.29, 0.717) is 0 Å². The number of rotatable bonds is 4. The highest BCUT2D eigenvalue weighted by molar-refractivity contribution is 4.97. The van der Waals surface area contributed by atoms with Gasteiger partial charge in [-0.25, -0.2) is 0 Å². The molecule has 0 saturated carbocycles. The Hall–Kier alpha value is -0.520. The summed E-state index contributed by atoms with van der Waals surface area (Å²) >= 11 is 0. The molecule has 0 aromatic heterocycles. The number of likely N-dealkylation sites (N-methyl/N-ethyl adjacent to an activating group) is 2. The van der Waals surface area contributed by atoms with Crippen LogP contribution < -0.4 is 5.32 Å². The Morgan fingerprint density at radius 2 is 2.20 bits per heavy atom. The minimum Gasteiger partial charge on any atom is -0.318 e. The van der Waals surface area contributed by atoms with Crippen LogP contribution in [0.5, 0.6) is 0 Å². The van der Waals surface area contributed by atoms with Gasteiger partial charge in [-0.3, -0.25) is 4.90 Å². The first-order chi connectivity index (χ1) is 4.81. The SMILES string of the molecule is CC#CCN(C)CCNC. The van der Waals surface area contributed by atoms with Crippen LogP contribution in [0.1, 0.15) is 6.92 Å². The van der Waals surface area contributed by atoms with Crippen LogP contribution in [0.15, 0.2) is 0 Å². The Bertz CT molecular complexity index is 121. The zero-order valence-electron chi connectivity index (χ0n) is 7.07. The average Bonchev–Trinajstić information content (AvgIpc) is 1.97. The van der Waals surface area contributed by atoms with E-state index in [-0.39, 0.29) is 0 Å². The normalized spacial score (nSPS) is 9.20. The van der Waals surface area contributed by atoms with Gasteiger partial charge in [0.2, 0.25) is 0 Å². The summed E-state index contributed by atoms with van der Waals surface area (Å²) in [6.07, 6.45) is 0. The van der Waals surface area contributed by atoms with Gasteiger partial charge in [-0.1, -0.05) is 5.92 Å². The fourth-order valence-electron chi connectivity index (χ4n) is 0.596. The molecule has 0 aliphatic rings. The molecule has 1 N–H and O–H groups in total. The fourth-order valence-corrected chi connectivity index (χ4v) is 0.596. The van der Waals surface area contributed by atoms with E-state index >= 15 is 0 Å². The zero-order chi connectivity index (χ0) is 7.82. The molecular formula is C8H16N2. The van der Waals surface area contributed by atoms with Crippen molar-refractivity contribution in [2.75, 3.05) is 33.7 Å². The topological polar surface area (TPSA) is 15.3 Å². The van der Waals surface area contributed by atoms with Gasteiger partial charge in [0.15, 0.2) is 0 Å². The van der Waals surface area contributed by atoms with E-state index in [1.165, 1.54) is 0 Å². The van der Waals surface area contributed by atoms with Crippen molar-refractivity contribution in [3.63, 3.8) is 0 Å². The van der Waals surface area contributed by atoms with Crippen molar-refractivity contribution in [3.05, 3.63) is 0 Å². The Labute approximate surface area is 63.6 Å².